The fraction of sp³-hybridized carbons (Fsp3) is 0.263. The highest BCUT2D eigenvalue weighted by Crippen LogP contribution is 2.34. The van der Waals surface area contributed by atoms with Gasteiger partial charge in [0, 0.05) is 29.2 Å². The van der Waals surface area contributed by atoms with Gasteiger partial charge < -0.3 is 15.6 Å². The Kier molecular flexibility index (Phi) is 3.45. The Morgan fingerprint density at radius 3 is 2.64 bits per heavy atom. The monoisotopic (exact) mass is 291 g/mol. The Balaban J connectivity index is 1.86. The maximum absolute atomic E-state index is 3.79. The quantitative estimate of drug-likeness (QED) is 0.694. The van der Waals surface area contributed by atoms with Crippen LogP contribution in [-0.4, -0.2) is 24.6 Å². The normalized spacial score (nSPS) is 21.0. The minimum absolute atomic E-state index is 0.232. The minimum Gasteiger partial charge on any atom is -0.357 e. The topological polar surface area (TPSA) is 39.9 Å². The van der Waals surface area contributed by atoms with E-state index in [1.807, 2.05) is 7.05 Å². The summed E-state index contributed by atoms with van der Waals surface area (Å²) in [6.45, 7) is 0.974. The smallest absolute Gasteiger partial charge is 0.0734 e. The van der Waals surface area contributed by atoms with Crippen LogP contribution in [0.1, 0.15) is 22.9 Å². The van der Waals surface area contributed by atoms with Crippen LogP contribution in [0.4, 0.5) is 0 Å². The van der Waals surface area contributed by atoms with Gasteiger partial charge in [-0.15, -0.1) is 0 Å². The molecule has 0 saturated carbocycles. The highest BCUT2D eigenvalue weighted by atomic mass is 15.0. The van der Waals surface area contributed by atoms with E-state index in [1.165, 1.54) is 27.7 Å². The molecule has 3 aromatic rings. The number of aromatic nitrogens is 1. The largest absolute Gasteiger partial charge is 0.357 e. The lowest BCUT2D eigenvalue weighted by atomic mass is 9.90. The molecule has 3 nitrogen and oxygen atoms in total. The van der Waals surface area contributed by atoms with Gasteiger partial charge >= 0.3 is 0 Å². The van der Waals surface area contributed by atoms with Gasteiger partial charge in [0.1, 0.15) is 0 Å². The number of fused-ring (bicyclic) bond motifs is 3. The minimum atomic E-state index is 0.232. The molecule has 3 N–H and O–H groups in total. The van der Waals surface area contributed by atoms with Gasteiger partial charge in [-0.25, -0.2) is 0 Å². The predicted molar refractivity (Wildman–Crippen MR) is 91.1 cm³/mol. The van der Waals surface area contributed by atoms with Crippen molar-refractivity contribution in [2.24, 2.45) is 0 Å². The van der Waals surface area contributed by atoms with Crippen LogP contribution in [0.3, 0.4) is 0 Å². The number of aromatic amines is 1. The van der Waals surface area contributed by atoms with Crippen LogP contribution >= 0.6 is 0 Å². The third-order valence-electron chi connectivity index (χ3n) is 4.57. The molecule has 2 aromatic carbocycles. The van der Waals surface area contributed by atoms with Crippen LogP contribution in [0.25, 0.3) is 10.9 Å². The second kappa shape index (κ2) is 5.59. The zero-order valence-electron chi connectivity index (χ0n) is 12.8. The highest BCUT2D eigenvalue weighted by molar-refractivity contribution is 5.85. The van der Waals surface area contributed by atoms with Gasteiger partial charge in [0.05, 0.1) is 6.04 Å². The number of benzene rings is 2. The molecule has 112 valence electrons. The Bertz CT molecular complexity index is 776. The molecule has 22 heavy (non-hydrogen) atoms. The average molecular weight is 291 g/mol. The Labute approximate surface area is 130 Å². The predicted octanol–water partition coefficient (Wildman–Crippen LogP) is 2.99. The Morgan fingerprint density at radius 2 is 1.82 bits per heavy atom. The first kappa shape index (κ1) is 13.6. The second-order valence-corrected chi connectivity index (χ2v) is 6.03. The van der Waals surface area contributed by atoms with E-state index in [9.17, 15) is 0 Å². The van der Waals surface area contributed by atoms with E-state index in [1.54, 1.807) is 0 Å². The fourth-order valence-electron chi connectivity index (χ4n) is 3.60. The summed E-state index contributed by atoms with van der Waals surface area (Å²) in [7, 11) is 2.02. The molecule has 1 aromatic heterocycles. The molecule has 0 spiro atoms. The van der Waals surface area contributed by atoms with Crippen LogP contribution in [0.15, 0.2) is 54.6 Å². The summed E-state index contributed by atoms with van der Waals surface area (Å²) < 4.78 is 0. The molecule has 1 aliphatic heterocycles. The van der Waals surface area contributed by atoms with Crippen molar-refractivity contribution in [3.63, 3.8) is 0 Å². The molecule has 2 atom stereocenters. The molecular weight excluding hydrogens is 270 g/mol. The first-order chi connectivity index (χ1) is 10.9. The van der Waals surface area contributed by atoms with Gasteiger partial charge in [0.2, 0.25) is 0 Å². The summed E-state index contributed by atoms with van der Waals surface area (Å²) >= 11 is 0. The standard InChI is InChI=1S/C19H21N3/c1-20-12-14-11-16-15-9-5-6-10-17(15)22-19(16)18(21-14)13-7-3-2-4-8-13/h2-10,14,18,20-22H,11-12H2,1H3/t14-,18-/m0/s1. The summed E-state index contributed by atoms with van der Waals surface area (Å²) in [6, 6.07) is 20.0. The van der Waals surface area contributed by atoms with Crippen molar-refractivity contribution in [1.29, 1.82) is 0 Å². The van der Waals surface area contributed by atoms with Crippen molar-refractivity contribution < 1.29 is 0 Å². The average Bonchev–Trinajstić information content (AvgIpc) is 2.94. The molecule has 0 fully saturated rings. The number of H-pyrrole nitrogens is 1. The Hall–Kier alpha value is -2.10. The highest BCUT2D eigenvalue weighted by Gasteiger charge is 2.29. The maximum atomic E-state index is 3.79. The number of hydrogen-bond donors (Lipinski definition) is 3. The van der Waals surface area contributed by atoms with Gasteiger partial charge in [-0.1, -0.05) is 48.5 Å². The van der Waals surface area contributed by atoms with E-state index in [0.717, 1.165) is 13.0 Å². The molecule has 0 radical (unpaired) electrons. The molecule has 0 aliphatic carbocycles. The van der Waals surface area contributed by atoms with Crippen molar-refractivity contribution in [3.8, 4) is 0 Å². The van der Waals surface area contributed by atoms with Crippen molar-refractivity contribution in [1.82, 2.24) is 15.6 Å². The number of rotatable bonds is 3. The van der Waals surface area contributed by atoms with Crippen molar-refractivity contribution in [2.45, 2.75) is 18.5 Å². The molecule has 4 rings (SSSR count). The summed E-state index contributed by atoms with van der Waals surface area (Å²) in [5, 5.41) is 8.46. The van der Waals surface area contributed by atoms with E-state index in [2.05, 4.69) is 70.2 Å². The van der Waals surface area contributed by atoms with E-state index in [-0.39, 0.29) is 6.04 Å². The summed E-state index contributed by atoms with van der Waals surface area (Å²) in [6.07, 6.45) is 1.06. The van der Waals surface area contributed by atoms with Gasteiger partial charge in [-0.05, 0) is 30.7 Å². The van der Waals surface area contributed by atoms with E-state index in [0.29, 0.717) is 6.04 Å². The lowest BCUT2D eigenvalue weighted by molar-refractivity contribution is 0.422. The van der Waals surface area contributed by atoms with Gasteiger partial charge in [0.15, 0.2) is 0 Å². The second-order valence-electron chi connectivity index (χ2n) is 6.03. The lowest BCUT2D eigenvalue weighted by Crippen LogP contribution is -2.45. The molecule has 3 heteroatoms. The number of likely N-dealkylation sites (N-methyl/N-ethyl adjacent to an activating group) is 1. The molecule has 0 bridgehead atoms. The first-order valence-electron chi connectivity index (χ1n) is 7.92. The van der Waals surface area contributed by atoms with Gasteiger partial charge in [-0.2, -0.15) is 0 Å². The van der Waals surface area contributed by atoms with Crippen LogP contribution in [0, 0.1) is 0 Å². The van der Waals surface area contributed by atoms with Crippen LogP contribution in [-0.2, 0) is 6.42 Å². The van der Waals surface area contributed by atoms with Crippen LogP contribution < -0.4 is 10.6 Å². The van der Waals surface area contributed by atoms with E-state index >= 15 is 0 Å². The third-order valence-corrected chi connectivity index (χ3v) is 4.57. The Morgan fingerprint density at radius 1 is 1.05 bits per heavy atom. The number of hydrogen-bond acceptors (Lipinski definition) is 2. The SMILES string of the molecule is CNC[C@@H]1Cc2c([nH]c3ccccc23)[C@H](c2ccccc2)N1. The molecular formula is C19H21N3. The third kappa shape index (κ3) is 2.23. The molecule has 1 aliphatic rings. The fourth-order valence-corrected chi connectivity index (χ4v) is 3.60. The van der Waals surface area contributed by atoms with E-state index in [4.69, 9.17) is 0 Å². The van der Waals surface area contributed by atoms with Gasteiger partial charge in [-0.3, -0.25) is 0 Å². The lowest BCUT2D eigenvalue weighted by Gasteiger charge is -2.31. The molecule has 2 heterocycles. The maximum Gasteiger partial charge on any atom is 0.0734 e. The van der Waals surface area contributed by atoms with Crippen LogP contribution in [0.5, 0.6) is 0 Å². The first-order valence-corrected chi connectivity index (χ1v) is 7.92. The summed E-state index contributed by atoms with van der Waals surface area (Å²) in [5.74, 6) is 0. The van der Waals surface area contributed by atoms with Crippen molar-refractivity contribution in [2.75, 3.05) is 13.6 Å². The number of nitrogens with one attached hydrogen (secondary N) is 3. The molecule has 0 saturated heterocycles. The molecule has 0 amide bonds. The van der Waals surface area contributed by atoms with Crippen molar-refractivity contribution >= 4 is 10.9 Å². The molecule has 0 unspecified atom stereocenters. The van der Waals surface area contributed by atoms with E-state index < -0.39 is 0 Å². The number of para-hydroxylation sites is 1. The summed E-state index contributed by atoms with van der Waals surface area (Å²) in [4.78, 5) is 3.64. The zero-order valence-corrected chi connectivity index (χ0v) is 12.8. The van der Waals surface area contributed by atoms with Crippen LogP contribution in [0.2, 0.25) is 0 Å². The summed E-state index contributed by atoms with van der Waals surface area (Å²) in [5.41, 5.74) is 5.33. The zero-order chi connectivity index (χ0) is 14.9. The van der Waals surface area contributed by atoms with Crippen molar-refractivity contribution in [3.05, 3.63) is 71.4 Å². The van der Waals surface area contributed by atoms with Gasteiger partial charge in [0.25, 0.3) is 0 Å².